The number of hydrogen-bond acceptors (Lipinski definition) is 8. The third-order valence-corrected chi connectivity index (χ3v) is 9.61. The summed E-state index contributed by atoms with van der Waals surface area (Å²) in [5.74, 6) is -0.282. The number of anilines is 2. The standard InChI is InChI=1S/C33H32N6O2S/c1-19-24(5-3-7-26(19)32-38-28-15-34-16-29(28)42-32)25-6-4-8-27(20(25)2)37-31-30-22(9-11-35-31)13-21(14-36-30)17-39-12-10-23(18-39)33(40)41/h3-9,11,13-14,23,34H,10,12,15-18H2,1-2H3,(H,35,37)(H,40,41). The highest BCUT2D eigenvalue weighted by atomic mass is 32.1. The fourth-order valence-electron chi connectivity index (χ4n) is 6.14. The van der Waals surface area contributed by atoms with Crippen molar-refractivity contribution >= 4 is 39.7 Å². The van der Waals surface area contributed by atoms with Gasteiger partial charge in [0.25, 0.3) is 0 Å². The Morgan fingerprint density at radius 3 is 2.69 bits per heavy atom. The van der Waals surface area contributed by atoms with E-state index in [-0.39, 0.29) is 5.92 Å². The number of nitrogens with zero attached hydrogens (tertiary/aromatic N) is 4. The largest absolute Gasteiger partial charge is 0.481 e. The number of aromatic nitrogens is 3. The molecule has 8 nitrogen and oxygen atoms in total. The maximum atomic E-state index is 11.3. The Kier molecular flexibility index (Phi) is 6.93. The van der Waals surface area contributed by atoms with Crippen LogP contribution in [0.25, 0.3) is 32.6 Å². The molecule has 1 saturated heterocycles. The zero-order chi connectivity index (χ0) is 28.8. The Morgan fingerprint density at radius 2 is 1.88 bits per heavy atom. The van der Waals surface area contributed by atoms with Gasteiger partial charge < -0.3 is 15.7 Å². The molecule has 0 aliphatic carbocycles. The SMILES string of the molecule is Cc1c(Nc2nccc3cc(CN4CCC(C(=O)O)C4)cnc23)cccc1-c1cccc(-c2nc3c(s2)CNC3)c1C. The van der Waals surface area contributed by atoms with Crippen LogP contribution in [0.4, 0.5) is 11.5 Å². The highest BCUT2D eigenvalue weighted by molar-refractivity contribution is 7.15. The Labute approximate surface area is 248 Å². The number of rotatable bonds is 7. The van der Waals surface area contributed by atoms with Crippen LogP contribution in [0.5, 0.6) is 0 Å². The monoisotopic (exact) mass is 576 g/mol. The average Bonchev–Trinajstić information content (AvgIpc) is 3.72. The summed E-state index contributed by atoms with van der Waals surface area (Å²) in [5.41, 5.74) is 9.96. The van der Waals surface area contributed by atoms with E-state index in [1.165, 1.54) is 32.8 Å². The third kappa shape index (κ3) is 4.93. The first-order valence-electron chi connectivity index (χ1n) is 14.3. The molecule has 1 unspecified atom stereocenters. The number of fused-ring (bicyclic) bond motifs is 2. The van der Waals surface area contributed by atoms with Crippen LogP contribution in [-0.4, -0.2) is 44.0 Å². The molecule has 2 aliphatic heterocycles. The molecule has 0 amide bonds. The fourth-order valence-corrected chi connectivity index (χ4v) is 7.27. The molecule has 1 fully saturated rings. The molecule has 42 heavy (non-hydrogen) atoms. The number of aliphatic carboxylic acids is 1. The lowest BCUT2D eigenvalue weighted by atomic mass is 9.93. The number of thiazole rings is 1. The topological polar surface area (TPSA) is 103 Å². The minimum absolute atomic E-state index is 0.283. The molecule has 1 atom stereocenters. The molecule has 0 bridgehead atoms. The molecule has 0 radical (unpaired) electrons. The van der Waals surface area contributed by atoms with Crippen LogP contribution in [0.1, 0.15) is 33.7 Å². The van der Waals surface area contributed by atoms with Crippen molar-refractivity contribution in [3.63, 3.8) is 0 Å². The van der Waals surface area contributed by atoms with E-state index in [1.54, 1.807) is 17.5 Å². The molecular formula is C33H32N6O2S. The highest BCUT2D eigenvalue weighted by Gasteiger charge is 2.28. The molecule has 5 aromatic rings. The van der Waals surface area contributed by atoms with Crippen LogP contribution in [0.15, 0.2) is 60.9 Å². The van der Waals surface area contributed by atoms with Gasteiger partial charge in [-0.1, -0.05) is 30.3 Å². The van der Waals surface area contributed by atoms with Crippen LogP contribution in [0, 0.1) is 19.8 Å². The summed E-state index contributed by atoms with van der Waals surface area (Å²) in [6.07, 6.45) is 4.38. The minimum Gasteiger partial charge on any atom is -0.481 e. The van der Waals surface area contributed by atoms with Gasteiger partial charge in [0.15, 0.2) is 5.82 Å². The quantitative estimate of drug-likeness (QED) is 0.208. The van der Waals surface area contributed by atoms with Gasteiger partial charge in [-0.05, 0) is 72.8 Å². The van der Waals surface area contributed by atoms with Gasteiger partial charge in [0.1, 0.15) is 10.5 Å². The Hall–Kier alpha value is -4.18. The van der Waals surface area contributed by atoms with E-state index in [0.717, 1.165) is 52.4 Å². The lowest BCUT2D eigenvalue weighted by molar-refractivity contribution is -0.141. The van der Waals surface area contributed by atoms with Crippen molar-refractivity contribution in [2.45, 2.75) is 39.9 Å². The van der Waals surface area contributed by atoms with Crippen LogP contribution < -0.4 is 10.6 Å². The second-order valence-corrected chi connectivity index (χ2v) is 12.3. The first kappa shape index (κ1) is 26.7. The predicted molar refractivity (Wildman–Crippen MR) is 167 cm³/mol. The van der Waals surface area contributed by atoms with E-state index in [2.05, 4.69) is 76.8 Å². The van der Waals surface area contributed by atoms with E-state index in [9.17, 15) is 9.90 Å². The summed E-state index contributed by atoms with van der Waals surface area (Å²) in [7, 11) is 0. The summed E-state index contributed by atoms with van der Waals surface area (Å²) in [6.45, 7) is 8.15. The Bertz CT molecular complexity index is 1810. The lowest BCUT2D eigenvalue weighted by Crippen LogP contribution is -2.22. The molecule has 0 saturated carbocycles. The number of pyridine rings is 2. The number of likely N-dealkylation sites (tertiary alicyclic amines) is 1. The number of hydrogen-bond donors (Lipinski definition) is 3. The molecule has 3 aromatic heterocycles. The lowest BCUT2D eigenvalue weighted by Gasteiger charge is -2.17. The molecule has 7 rings (SSSR count). The first-order valence-corrected chi connectivity index (χ1v) is 15.1. The Balaban J connectivity index is 1.16. The van der Waals surface area contributed by atoms with Crippen LogP contribution in [0.3, 0.4) is 0 Å². The van der Waals surface area contributed by atoms with E-state index < -0.39 is 5.97 Å². The zero-order valence-corrected chi connectivity index (χ0v) is 24.5. The molecule has 9 heteroatoms. The summed E-state index contributed by atoms with van der Waals surface area (Å²) >= 11 is 1.79. The number of carboxylic acids is 1. The van der Waals surface area contributed by atoms with Crippen molar-refractivity contribution in [3.05, 3.63) is 88.2 Å². The van der Waals surface area contributed by atoms with E-state index >= 15 is 0 Å². The van der Waals surface area contributed by atoms with Gasteiger partial charge in [0.2, 0.25) is 0 Å². The summed E-state index contributed by atoms with van der Waals surface area (Å²) in [6, 6.07) is 16.9. The van der Waals surface area contributed by atoms with Gasteiger partial charge in [0.05, 0.1) is 11.6 Å². The van der Waals surface area contributed by atoms with E-state index in [0.29, 0.717) is 25.3 Å². The zero-order valence-electron chi connectivity index (χ0n) is 23.6. The molecular weight excluding hydrogens is 544 g/mol. The maximum Gasteiger partial charge on any atom is 0.307 e. The van der Waals surface area contributed by atoms with Gasteiger partial charge in [-0.15, -0.1) is 11.3 Å². The fraction of sp³-hybridized carbons (Fsp3) is 0.273. The summed E-state index contributed by atoms with van der Waals surface area (Å²) in [5, 5.41) is 18.4. The average molecular weight is 577 g/mol. The van der Waals surface area contributed by atoms with Crippen molar-refractivity contribution in [2.75, 3.05) is 18.4 Å². The Morgan fingerprint density at radius 1 is 1.07 bits per heavy atom. The second kappa shape index (κ2) is 10.9. The summed E-state index contributed by atoms with van der Waals surface area (Å²) in [4.78, 5) is 29.2. The number of carboxylic acid groups (broad SMARTS) is 1. The van der Waals surface area contributed by atoms with Crippen molar-refractivity contribution in [2.24, 2.45) is 5.92 Å². The smallest absolute Gasteiger partial charge is 0.307 e. The highest BCUT2D eigenvalue weighted by Crippen LogP contribution is 2.39. The molecule has 2 aromatic carbocycles. The van der Waals surface area contributed by atoms with Crippen molar-refractivity contribution in [1.29, 1.82) is 0 Å². The van der Waals surface area contributed by atoms with Crippen molar-refractivity contribution in [1.82, 2.24) is 25.2 Å². The van der Waals surface area contributed by atoms with E-state index in [1.807, 2.05) is 12.3 Å². The van der Waals surface area contributed by atoms with E-state index in [4.69, 9.17) is 9.97 Å². The van der Waals surface area contributed by atoms with Gasteiger partial charge >= 0.3 is 5.97 Å². The van der Waals surface area contributed by atoms with Gasteiger partial charge in [-0.25, -0.2) is 9.97 Å². The van der Waals surface area contributed by atoms with Crippen LogP contribution in [-0.2, 0) is 24.4 Å². The van der Waals surface area contributed by atoms with Crippen molar-refractivity contribution < 1.29 is 9.90 Å². The molecule has 5 heterocycles. The first-order chi connectivity index (χ1) is 20.4. The molecule has 212 valence electrons. The van der Waals surface area contributed by atoms with Crippen molar-refractivity contribution in [3.8, 4) is 21.7 Å². The van der Waals surface area contributed by atoms with Gasteiger partial charge in [-0.3, -0.25) is 14.7 Å². The normalized spacial score (nSPS) is 16.7. The molecule has 3 N–H and O–H groups in total. The number of nitrogens with one attached hydrogen (secondary N) is 2. The van der Waals surface area contributed by atoms with Gasteiger partial charge in [0, 0.05) is 60.1 Å². The van der Waals surface area contributed by atoms with Crippen LogP contribution >= 0.6 is 11.3 Å². The van der Waals surface area contributed by atoms with Crippen LogP contribution in [0.2, 0.25) is 0 Å². The third-order valence-electron chi connectivity index (χ3n) is 8.48. The minimum atomic E-state index is -0.710. The van der Waals surface area contributed by atoms with Gasteiger partial charge in [-0.2, -0.15) is 0 Å². The molecule has 0 spiro atoms. The summed E-state index contributed by atoms with van der Waals surface area (Å²) < 4.78 is 0. The maximum absolute atomic E-state index is 11.3. The predicted octanol–water partition coefficient (Wildman–Crippen LogP) is 6.29. The number of benzene rings is 2. The number of carbonyl (C=O) groups is 1. The molecule has 2 aliphatic rings. The second-order valence-electron chi connectivity index (χ2n) is 11.2.